The van der Waals surface area contributed by atoms with Crippen molar-refractivity contribution in [3.8, 4) is 5.75 Å². The Morgan fingerprint density at radius 1 is 1.32 bits per heavy atom. The summed E-state index contributed by atoms with van der Waals surface area (Å²) in [5.41, 5.74) is 1.54. The summed E-state index contributed by atoms with van der Waals surface area (Å²) in [6.45, 7) is 2.50. The highest BCUT2D eigenvalue weighted by Crippen LogP contribution is 2.22. The van der Waals surface area contributed by atoms with E-state index in [0.717, 1.165) is 11.3 Å². The molecule has 1 heterocycles. The summed E-state index contributed by atoms with van der Waals surface area (Å²) in [7, 11) is 3.44. The van der Waals surface area contributed by atoms with Gasteiger partial charge in [0.05, 0.1) is 7.11 Å². The van der Waals surface area contributed by atoms with Crippen LogP contribution in [-0.2, 0) is 4.79 Å². The van der Waals surface area contributed by atoms with Crippen molar-refractivity contribution in [2.24, 2.45) is 0 Å². The topological polar surface area (TPSA) is 32.8 Å². The quantitative estimate of drug-likeness (QED) is 0.625. The minimum atomic E-state index is -0.0502. The molecule has 0 bridgehead atoms. The molecule has 1 aromatic carbocycles. The van der Waals surface area contributed by atoms with E-state index < -0.39 is 0 Å². The Kier molecular flexibility index (Phi) is 3.85. The first kappa shape index (κ1) is 13.5. The first-order valence-electron chi connectivity index (χ1n) is 6.03. The highest BCUT2D eigenvalue weighted by molar-refractivity contribution is 7.80. The van der Waals surface area contributed by atoms with Crippen LogP contribution in [0.3, 0.4) is 0 Å². The fraction of sp³-hybridized carbons (Fsp3) is 0.286. The Bertz CT molecular complexity index is 537. The van der Waals surface area contributed by atoms with E-state index in [1.54, 1.807) is 16.9 Å². The van der Waals surface area contributed by atoms with Gasteiger partial charge in [-0.15, -0.1) is 0 Å². The smallest absolute Gasteiger partial charge is 0.276 e. The van der Waals surface area contributed by atoms with Crippen molar-refractivity contribution in [1.82, 2.24) is 9.80 Å². The minimum absolute atomic E-state index is 0.0502. The molecular formula is C14H16N2O2S. The molecule has 4 nitrogen and oxygen atoms in total. The number of carbonyl (C=O) groups is 1. The van der Waals surface area contributed by atoms with Crippen LogP contribution in [-0.4, -0.2) is 41.5 Å². The minimum Gasteiger partial charge on any atom is -0.497 e. The molecule has 1 amide bonds. The van der Waals surface area contributed by atoms with Gasteiger partial charge in [-0.3, -0.25) is 9.69 Å². The molecule has 2 rings (SSSR count). The predicted octanol–water partition coefficient (Wildman–Crippen LogP) is 2.11. The zero-order valence-electron chi connectivity index (χ0n) is 11.2. The van der Waals surface area contributed by atoms with E-state index >= 15 is 0 Å². The third-order valence-electron chi connectivity index (χ3n) is 3.08. The summed E-state index contributed by atoms with van der Waals surface area (Å²) in [5.74, 6) is 0.741. The average Bonchev–Trinajstić information content (AvgIpc) is 2.63. The van der Waals surface area contributed by atoms with Crippen molar-refractivity contribution in [3.63, 3.8) is 0 Å². The van der Waals surface area contributed by atoms with E-state index in [4.69, 9.17) is 17.0 Å². The molecule has 0 aliphatic carbocycles. The summed E-state index contributed by atoms with van der Waals surface area (Å²) in [6.07, 6.45) is 1.84. The zero-order chi connectivity index (χ0) is 14.0. The van der Waals surface area contributed by atoms with Crippen molar-refractivity contribution in [2.45, 2.75) is 6.92 Å². The number of carbonyl (C=O) groups excluding carboxylic acids is 1. The summed E-state index contributed by atoms with van der Waals surface area (Å²) >= 11 is 5.24. The predicted molar refractivity (Wildman–Crippen MR) is 78.7 cm³/mol. The lowest BCUT2D eigenvalue weighted by Crippen LogP contribution is -2.30. The summed E-state index contributed by atoms with van der Waals surface area (Å²) in [5, 5.41) is 0.548. The van der Waals surface area contributed by atoms with Crippen LogP contribution in [0.1, 0.15) is 12.5 Å². The molecule has 0 N–H and O–H groups in total. The molecule has 1 fully saturated rings. The molecule has 0 spiro atoms. The molecule has 0 radical (unpaired) electrons. The van der Waals surface area contributed by atoms with Gasteiger partial charge in [-0.2, -0.15) is 0 Å². The highest BCUT2D eigenvalue weighted by atomic mass is 32.1. The van der Waals surface area contributed by atoms with Crippen LogP contribution in [0, 0.1) is 0 Å². The van der Waals surface area contributed by atoms with Crippen molar-refractivity contribution in [1.29, 1.82) is 0 Å². The fourth-order valence-corrected chi connectivity index (χ4v) is 2.26. The van der Waals surface area contributed by atoms with Gasteiger partial charge in [-0.05, 0) is 42.9 Å². The second-order valence-electron chi connectivity index (χ2n) is 4.19. The standard InChI is InChI=1S/C14H16N2O2S/c1-4-16-13(17)12(15(2)14(16)19)9-10-5-7-11(18-3)8-6-10/h5-9H,4H2,1-3H3/b12-9-. The number of methoxy groups -OCH3 is 1. The summed E-state index contributed by atoms with van der Waals surface area (Å²) in [6, 6.07) is 7.54. The normalized spacial score (nSPS) is 17.5. The number of nitrogens with zero attached hydrogens (tertiary/aromatic N) is 2. The van der Waals surface area contributed by atoms with Gasteiger partial charge in [0.25, 0.3) is 5.91 Å². The van der Waals surface area contributed by atoms with Gasteiger partial charge in [0.15, 0.2) is 5.11 Å². The second-order valence-corrected chi connectivity index (χ2v) is 4.56. The Balaban J connectivity index is 2.32. The number of thiocarbonyl (C=S) groups is 1. The molecule has 0 unspecified atom stereocenters. The number of rotatable bonds is 3. The molecule has 19 heavy (non-hydrogen) atoms. The largest absolute Gasteiger partial charge is 0.497 e. The monoisotopic (exact) mass is 276 g/mol. The first-order valence-corrected chi connectivity index (χ1v) is 6.44. The Labute approximate surface area is 118 Å². The van der Waals surface area contributed by atoms with Crippen molar-refractivity contribution >= 4 is 29.3 Å². The van der Waals surface area contributed by atoms with Crippen LogP contribution >= 0.6 is 12.2 Å². The molecular weight excluding hydrogens is 260 g/mol. The molecule has 5 heteroatoms. The third-order valence-corrected chi connectivity index (χ3v) is 3.57. The molecule has 0 aromatic heterocycles. The molecule has 1 aliphatic rings. The van der Waals surface area contributed by atoms with Gasteiger partial charge in [-0.25, -0.2) is 0 Å². The molecule has 1 aromatic rings. The van der Waals surface area contributed by atoms with Gasteiger partial charge < -0.3 is 9.64 Å². The second kappa shape index (κ2) is 5.40. The van der Waals surface area contributed by atoms with E-state index in [0.29, 0.717) is 17.4 Å². The van der Waals surface area contributed by atoms with E-state index in [1.165, 1.54) is 0 Å². The van der Waals surface area contributed by atoms with Crippen molar-refractivity contribution in [3.05, 3.63) is 35.5 Å². The Morgan fingerprint density at radius 2 is 1.95 bits per heavy atom. The number of ether oxygens (including phenoxy) is 1. The number of hydrogen-bond acceptors (Lipinski definition) is 3. The number of amides is 1. The maximum Gasteiger partial charge on any atom is 0.276 e. The maximum absolute atomic E-state index is 12.2. The lowest BCUT2D eigenvalue weighted by atomic mass is 10.2. The number of likely N-dealkylation sites (N-methyl/N-ethyl adjacent to an activating group) is 2. The number of benzene rings is 1. The lowest BCUT2D eigenvalue weighted by molar-refractivity contribution is -0.122. The van der Waals surface area contributed by atoms with E-state index in [1.807, 2.05) is 44.3 Å². The maximum atomic E-state index is 12.2. The van der Waals surface area contributed by atoms with Crippen LogP contribution in [0.4, 0.5) is 0 Å². The first-order chi connectivity index (χ1) is 9.08. The highest BCUT2D eigenvalue weighted by Gasteiger charge is 2.34. The van der Waals surface area contributed by atoms with Crippen molar-refractivity contribution in [2.75, 3.05) is 20.7 Å². The zero-order valence-corrected chi connectivity index (χ0v) is 12.0. The van der Waals surface area contributed by atoms with Crippen LogP contribution < -0.4 is 4.74 Å². The van der Waals surface area contributed by atoms with Crippen LogP contribution in [0.5, 0.6) is 5.75 Å². The SMILES string of the molecule is CCN1C(=O)/C(=C/c2ccc(OC)cc2)N(C)C1=S. The Hall–Kier alpha value is -1.88. The third kappa shape index (κ3) is 2.46. The summed E-state index contributed by atoms with van der Waals surface area (Å²) < 4.78 is 5.11. The van der Waals surface area contributed by atoms with E-state index in [9.17, 15) is 4.79 Å². The van der Waals surface area contributed by atoms with Crippen molar-refractivity contribution < 1.29 is 9.53 Å². The molecule has 0 atom stereocenters. The van der Waals surface area contributed by atoms with Crippen LogP contribution in [0.25, 0.3) is 6.08 Å². The molecule has 0 saturated carbocycles. The fourth-order valence-electron chi connectivity index (χ4n) is 1.95. The lowest BCUT2D eigenvalue weighted by Gasteiger charge is -2.13. The van der Waals surface area contributed by atoms with Gasteiger partial charge in [0, 0.05) is 13.6 Å². The van der Waals surface area contributed by atoms with Gasteiger partial charge in [-0.1, -0.05) is 12.1 Å². The summed E-state index contributed by atoms with van der Waals surface area (Å²) in [4.78, 5) is 15.5. The van der Waals surface area contributed by atoms with E-state index in [-0.39, 0.29) is 5.91 Å². The molecule has 1 saturated heterocycles. The number of hydrogen-bond donors (Lipinski definition) is 0. The van der Waals surface area contributed by atoms with E-state index in [2.05, 4.69) is 0 Å². The molecule has 100 valence electrons. The average molecular weight is 276 g/mol. The van der Waals surface area contributed by atoms with Crippen LogP contribution in [0.15, 0.2) is 30.0 Å². The van der Waals surface area contributed by atoms with Gasteiger partial charge in [0.2, 0.25) is 0 Å². The van der Waals surface area contributed by atoms with Gasteiger partial charge >= 0.3 is 0 Å². The molecule has 1 aliphatic heterocycles. The Morgan fingerprint density at radius 3 is 2.42 bits per heavy atom. The van der Waals surface area contributed by atoms with Gasteiger partial charge in [0.1, 0.15) is 11.4 Å². The van der Waals surface area contributed by atoms with Crippen LogP contribution in [0.2, 0.25) is 0 Å².